The summed E-state index contributed by atoms with van der Waals surface area (Å²) in [4.78, 5) is 35.1. The van der Waals surface area contributed by atoms with E-state index in [-0.39, 0.29) is 12.3 Å². The van der Waals surface area contributed by atoms with E-state index in [4.69, 9.17) is 5.73 Å². The predicted molar refractivity (Wildman–Crippen MR) is 146 cm³/mol. The normalized spacial score (nSPS) is 11.6. The number of carbonyl (C=O) groups excluding carboxylic acids is 2. The average Bonchev–Trinajstić information content (AvgIpc) is 3.46. The minimum absolute atomic E-state index is 0.119. The molecule has 1 atom stereocenters. The maximum atomic E-state index is 13.9. The van der Waals surface area contributed by atoms with Crippen molar-refractivity contribution < 1.29 is 14.7 Å². The Morgan fingerprint density at radius 3 is 2.13 bits per heavy atom. The lowest BCUT2D eigenvalue weighted by molar-refractivity contribution is -0.122. The van der Waals surface area contributed by atoms with Crippen molar-refractivity contribution in [2.24, 2.45) is 5.73 Å². The summed E-state index contributed by atoms with van der Waals surface area (Å²) in [6.45, 7) is 0.685. The second-order valence-electron chi connectivity index (χ2n) is 8.92. The van der Waals surface area contributed by atoms with Gasteiger partial charge in [0, 0.05) is 25.5 Å². The summed E-state index contributed by atoms with van der Waals surface area (Å²) in [7, 11) is 0. The number of anilines is 1. The molecule has 0 aliphatic carbocycles. The van der Waals surface area contributed by atoms with E-state index in [1.165, 1.54) is 4.90 Å². The summed E-state index contributed by atoms with van der Waals surface area (Å²) in [5.41, 5.74) is 8.43. The van der Waals surface area contributed by atoms with Crippen LogP contribution < -0.4 is 16.4 Å². The summed E-state index contributed by atoms with van der Waals surface area (Å²) in [5, 5.41) is 16.0. The minimum atomic E-state index is -0.852. The molecule has 0 aliphatic rings. The zero-order chi connectivity index (χ0) is 26.7. The largest absolute Gasteiger partial charge is 0.508 e. The van der Waals surface area contributed by atoms with E-state index < -0.39 is 24.0 Å². The lowest BCUT2D eigenvalue weighted by atomic mass is 9.99. The van der Waals surface area contributed by atoms with Crippen molar-refractivity contribution in [2.45, 2.75) is 31.5 Å². The highest BCUT2D eigenvalue weighted by atomic mass is 16.3. The zero-order valence-electron chi connectivity index (χ0n) is 21.0. The number of amides is 3. The van der Waals surface area contributed by atoms with Crippen molar-refractivity contribution in [3.8, 4) is 5.75 Å². The highest BCUT2D eigenvalue weighted by Crippen LogP contribution is 2.23. The molecule has 196 valence electrons. The number of aromatic amines is 1. The Bertz CT molecular complexity index is 1240. The highest BCUT2D eigenvalue weighted by Gasteiger charge is 2.30. The van der Waals surface area contributed by atoms with E-state index in [1.54, 1.807) is 36.7 Å². The number of phenolic OH excluding ortho intramolecular Hbond substituents is 1. The van der Waals surface area contributed by atoms with E-state index in [1.807, 2.05) is 60.7 Å². The molecule has 1 aromatic heterocycles. The topological polar surface area (TPSA) is 136 Å². The summed E-state index contributed by atoms with van der Waals surface area (Å²) in [6, 6.07) is 24.2. The third kappa shape index (κ3) is 7.13. The van der Waals surface area contributed by atoms with Crippen molar-refractivity contribution in [3.05, 3.63) is 114 Å². The zero-order valence-corrected chi connectivity index (χ0v) is 21.0. The Labute approximate surface area is 221 Å². The van der Waals surface area contributed by atoms with Crippen LogP contribution >= 0.6 is 0 Å². The average molecular weight is 513 g/mol. The van der Waals surface area contributed by atoms with Crippen LogP contribution in [-0.2, 0) is 11.3 Å². The first kappa shape index (κ1) is 26.3. The van der Waals surface area contributed by atoms with Crippen molar-refractivity contribution in [3.63, 3.8) is 0 Å². The molecular weight excluding hydrogens is 480 g/mol. The summed E-state index contributed by atoms with van der Waals surface area (Å²) in [5.74, 6) is 0.161. The molecule has 4 rings (SSSR count). The maximum absolute atomic E-state index is 13.9. The van der Waals surface area contributed by atoms with E-state index >= 15 is 0 Å². The number of phenols is 1. The van der Waals surface area contributed by atoms with Gasteiger partial charge >= 0.3 is 6.03 Å². The van der Waals surface area contributed by atoms with Crippen LogP contribution in [0.1, 0.15) is 35.6 Å². The van der Waals surface area contributed by atoms with Crippen molar-refractivity contribution in [2.75, 3.05) is 11.9 Å². The van der Waals surface area contributed by atoms with Crippen molar-refractivity contribution in [1.29, 1.82) is 0 Å². The smallest absolute Gasteiger partial charge is 0.319 e. The molecule has 1 heterocycles. The molecule has 0 bridgehead atoms. The summed E-state index contributed by atoms with van der Waals surface area (Å²) >= 11 is 0. The minimum Gasteiger partial charge on any atom is -0.508 e. The number of nitrogens with one attached hydrogen (secondary N) is 3. The summed E-state index contributed by atoms with van der Waals surface area (Å²) < 4.78 is 0. The van der Waals surface area contributed by atoms with E-state index in [2.05, 4.69) is 20.6 Å². The first-order valence-electron chi connectivity index (χ1n) is 12.5. The number of hydrogen-bond donors (Lipinski definition) is 5. The van der Waals surface area contributed by atoms with Crippen LogP contribution in [0.2, 0.25) is 0 Å². The van der Waals surface area contributed by atoms with Crippen LogP contribution in [0.3, 0.4) is 0 Å². The van der Waals surface area contributed by atoms with Crippen LogP contribution in [0.5, 0.6) is 5.75 Å². The van der Waals surface area contributed by atoms with Gasteiger partial charge in [0.15, 0.2) is 5.95 Å². The van der Waals surface area contributed by atoms with Gasteiger partial charge in [0.05, 0.1) is 6.04 Å². The number of carbonyl (C=O) groups is 2. The van der Waals surface area contributed by atoms with Gasteiger partial charge in [0.1, 0.15) is 11.8 Å². The molecule has 9 nitrogen and oxygen atoms in total. The number of nitrogens with zero attached hydrogens (tertiary/aromatic N) is 2. The van der Waals surface area contributed by atoms with Gasteiger partial charge in [0.2, 0.25) is 5.91 Å². The molecule has 3 amide bonds. The van der Waals surface area contributed by atoms with Crippen LogP contribution in [0.15, 0.2) is 97.3 Å². The van der Waals surface area contributed by atoms with Gasteiger partial charge in [-0.25, -0.2) is 9.78 Å². The second kappa shape index (κ2) is 13.0. The van der Waals surface area contributed by atoms with Crippen LogP contribution in [0.25, 0.3) is 0 Å². The Morgan fingerprint density at radius 1 is 0.947 bits per heavy atom. The lowest BCUT2D eigenvalue weighted by Gasteiger charge is -2.32. The first-order chi connectivity index (χ1) is 18.5. The molecular formula is C29H32N6O3. The van der Waals surface area contributed by atoms with Crippen LogP contribution in [0, 0.1) is 0 Å². The van der Waals surface area contributed by atoms with Crippen molar-refractivity contribution >= 4 is 17.9 Å². The molecule has 3 aromatic carbocycles. The van der Waals surface area contributed by atoms with Gasteiger partial charge in [-0.3, -0.25) is 4.79 Å². The molecule has 38 heavy (non-hydrogen) atoms. The number of primary amides is 1. The molecule has 0 fully saturated rings. The quantitative estimate of drug-likeness (QED) is 0.182. The third-order valence-electron chi connectivity index (χ3n) is 6.23. The predicted octanol–water partition coefficient (Wildman–Crippen LogP) is 4.16. The van der Waals surface area contributed by atoms with Gasteiger partial charge in [0.25, 0.3) is 0 Å². The van der Waals surface area contributed by atoms with Gasteiger partial charge in [-0.15, -0.1) is 0 Å². The number of aromatic hydroxyl groups is 1. The Kier molecular flexibility index (Phi) is 8.96. The monoisotopic (exact) mass is 512 g/mol. The summed E-state index contributed by atoms with van der Waals surface area (Å²) in [6.07, 6.45) is 4.30. The van der Waals surface area contributed by atoms with Gasteiger partial charge in [-0.1, -0.05) is 72.8 Å². The fourth-order valence-corrected chi connectivity index (χ4v) is 4.29. The number of aromatic nitrogens is 2. The molecule has 0 aliphatic heterocycles. The first-order valence-corrected chi connectivity index (χ1v) is 12.5. The molecule has 0 spiro atoms. The number of hydrogen-bond acceptors (Lipinski definition) is 5. The Morgan fingerprint density at radius 2 is 1.58 bits per heavy atom. The molecule has 6 N–H and O–H groups in total. The number of H-pyrrole nitrogens is 1. The fraction of sp³-hybridized carbons (Fsp3) is 0.207. The molecule has 0 saturated carbocycles. The second-order valence-corrected chi connectivity index (χ2v) is 8.92. The molecule has 4 aromatic rings. The third-order valence-corrected chi connectivity index (χ3v) is 6.23. The number of rotatable bonds is 12. The van der Waals surface area contributed by atoms with Gasteiger partial charge < -0.3 is 31.4 Å². The fourth-order valence-electron chi connectivity index (χ4n) is 4.29. The van der Waals surface area contributed by atoms with Crippen LogP contribution in [0.4, 0.5) is 10.7 Å². The number of imidazole rings is 1. The van der Waals surface area contributed by atoms with Gasteiger partial charge in [-0.05, 0) is 41.7 Å². The number of nitrogens with two attached hydrogens (primary N) is 1. The molecule has 0 radical (unpaired) electrons. The maximum Gasteiger partial charge on any atom is 0.319 e. The number of urea groups is 1. The SMILES string of the molecule is NC(=O)[C@@H](CCCNc1ncc[nH]1)N(Cc1ccc(O)cc1)C(=O)NC(c1ccccc1)c1ccccc1. The standard InChI is InChI=1S/C29H32N6O3/c30-27(37)25(12-7-17-31-28-32-18-19-33-28)35(20-21-13-15-24(36)16-14-21)29(38)34-26(22-8-3-1-4-9-22)23-10-5-2-6-11-23/h1-6,8-11,13-16,18-19,25-26,36H,7,12,17,20H2,(H2,30,37)(H,34,38)(H2,31,32,33)/t25-/m1/s1. The Hall–Kier alpha value is -4.79. The van der Waals surface area contributed by atoms with E-state index in [0.717, 1.165) is 16.7 Å². The van der Waals surface area contributed by atoms with Crippen LogP contribution in [-0.4, -0.2) is 44.5 Å². The number of benzene rings is 3. The lowest BCUT2D eigenvalue weighted by Crippen LogP contribution is -2.52. The van der Waals surface area contributed by atoms with Crippen molar-refractivity contribution in [1.82, 2.24) is 20.2 Å². The highest BCUT2D eigenvalue weighted by molar-refractivity contribution is 5.86. The molecule has 0 unspecified atom stereocenters. The molecule has 0 saturated heterocycles. The van der Waals surface area contributed by atoms with Gasteiger partial charge in [-0.2, -0.15) is 0 Å². The van der Waals surface area contributed by atoms with E-state index in [9.17, 15) is 14.7 Å². The van der Waals surface area contributed by atoms with E-state index in [0.29, 0.717) is 25.3 Å². The Balaban J connectivity index is 1.57. The molecule has 9 heteroatoms.